The molecule has 0 aromatic carbocycles. The van der Waals surface area contributed by atoms with Crippen LogP contribution in [0.1, 0.15) is 10.4 Å². The zero-order chi connectivity index (χ0) is 11.4. The molecule has 5 heteroatoms. The SMILES string of the molecule is O=C(Nc1ccncc1)c1cccnc1Br. The highest BCUT2D eigenvalue weighted by molar-refractivity contribution is 9.10. The molecule has 16 heavy (non-hydrogen) atoms. The Morgan fingerprint density at radius 2 is 1.94 bits per heavy atom. The summed E-state index contributed by atoms with van der Waals surface area (Å²) in [6.07, 6.45) is 4.86. The minimum Gasteiger partial charge on any atom is -0.322 e. The molecular weight excluding hydrogens is 270 g/mol. The van der Waals surface area contributed by atoms with Crippen molar-refractivity contribution in [3.05, 3.63) is 53.0 Å². The summed E-state index contributed by atoms with van der Waals surface area (Å²) in [5, 5.41) is 2.75. The van der Waals surface area contributed by atoms with Gasteiger partial charge < -0.3 is 5.32 Å². The first-order valence-corrected chi connectivity index (χ1v) is 5.38. The van der Waals surface area contributed by atoms with Gasteiger partial charge in [0.25, 0.3) is 5.91 Å². The third kappa shape index (κ3) is 2.43. The van der Waals surface area contributed by atoms with Crippen molar-refractivity contribution in [3.8, 4) is 0 Å². The van der Waals surface area contributed by atoms with E-state index in [-0.39, 0.29) is 5.91 Å². The van der Waals surface area contributed by atoms with E-state index in [9.17, 15) is 4.79 Å². The van der Waals surface area contributed by atoms with Crippen molar-refractivity contribution in [1.82, 2.24) is 9.97 Å². The van der Waals surface area contributed by atoms with Crippen LogP contribution in [0.3, 0.4) is 0 Å². The number of hydrogen-bond acceptors (Lipinski definition) is 3. The number of nitrogens with zero attached hydrogens (tertiary/aromatic N) is 2. The second-order valence-corrected chi connectivity index (χ2v) is 3.78. The number of carbonyl (C=O) groups excluding carboxylic acids is 1. The number of aromatic nitrogens is 2. The van der Waals surface area contributed by atoms with Crippen LogP contribution < -0.4 is 5.32 Å². The van der Waals surface area contributed by atoms with E-state index in [2.05, 4.69) is 31.2 Å². The van der Waals surface area contributed by atoms with Crippen LogP contribution in [0.4, 0.5) is 5.69 Å². The van der Waals surface area contributed by atoms with Crippen LogP contribution >= 0.6 is 15.9 Å². The van der Waals surface area contributed by atoms with Crippen LogP contribution in [0.25, 0.3) is 0 Å². The lowest BCUT2D eigenvalue weighted by atomic mass is 10.2. The maximum Gasteiger partial charge on any atom is 0.258 e. The number of nitrogens with one attached hydrogen (secondary N) is 1. The summed E-state index contributed by atoms with van der Waals surface area (Å²) in [6.45, 7) is 0. The zero-order valence-electron chi connectivity index (χ0n) is 8.22. The van der Waals surface area contributed by atoms with Gasteiger partial charge in [0.15, 0.2) is 0 Å². The highest BCUT2D eigenvalue weighted by Crippen LogP contribution is 2.14. The molecule has 4 nitrogen and oxygen atoms in total. The second kappa shape index (κ2) is 4.85. The van der Waals surface area contributed by atoms with Gasteiger partial charge >= 0.3 is 0 Å². The van der Waals surface area contributed by atoms with Crippen molar-refractivity contribution in [2.24, 2.45) is 0 Å². The van der Waals surface area contributed by atoms with E-state index in [4.69, 9.17) is 0 Å². The molecule has 2 aromatic heterocycles. The quantitative estimate of drug-likeness (QED) is 0.859. The van der Waals surface area contributed by atoms with Crippen LogP contribution in [-0.4, -0.2) is 15.9 Å². The van der Waals surface area contributed by atoms with Crippen molar-refractivity contribution >= 4 is 27.5 Å². The molecule has 0 spiro atoms. The Morgan fingerprint density at radius 1 is 1.19 bits per heavy atom. The topological polar surface area (TPSA) is 54.9 Å². The predicted octanol–water partition coefficient (Wildman–Crippen LogP) is 2.49. The van der Waals surface area contributed by atoms with Crippen LogP contribution in [0.2, 0.25) is 0 Å². The number of halogens is 1. The fourth-order valence-corrected chi connectivity index (χ4v) is 1.62. The third-order valence-electron chi connectivity index (χ3n) is 1.94. The van der Waals surface area contributed by atoms with Gasteiger partial charge in [-0.1, -0.05) is 0 Å². The van der Waals surface area contributed by atoms with Gasteiger partial charge in [0.05, 0.1) is 5.56 Å². The highest BCUT2D eigenvalue weighted by atomic mass is 79.9. The first-order chi connectivity index (χ1) is 7.77. The molecule has 0 atom stereocenters. The molecular formula is C11H8BrN3O. The van der Waals surface area contributed by atoms with Crippen molar-refractivity contribution in [1.29, 1.82) is 0 Å². The molecule has 1 amide bonds. The van der Waals surface area contributed by atoms with Gasteiger partial charge in [-0.3, -0.25) is 9.78 Å². The van der Waals surface area contributed by atoms with Crippen LogP contribution in [0, 0.1) is 0 Å². The molecule has 2 heterocycles. The van der Waals surface area contributed by atoms with Crippen LogP contribution in [0.15, 0.2) is 47.5 Å². The molecule has 0 fully saturated rings. The fraction of sp³-hybridized carbons (Fsp3) is 0. The molecule has 2 rings (SSSR count). The summed E-state index contributed by atoms with van der Waals surface area (Å²) in [5.74, 6) is -0.203. The molecule has 0 aliphatic carbocycles. The smallest absolute Gasteiger partial charge is 0.258 e. The Labute approximate surface area is 101 Å². The number of pyridine rings is 2. The number of anilines is 1. The lowest BCUT2D eigenvalue weighted by Gasteiger charge is -2.05. The molecule has 0 aliphatic rings. The number of carbonyl (C=O) groups is 1. The van der Waals surface area contributed by atoms with Gasteiger partial charge in [-0.15, -0.1) is 0 Å². The van der Waals surface area contributed by atoms with Crippen molar-refractivity contribution < 1.29 is 4.79 Å². The van der Waals surface area contributed by atoms with E-state index in [1.807, 2.05) is 0 Å². The van der Waals surface area contributed by atoms with Crippen molar-refractivity contribution in [2.45, 2.75) is 0 Å². The van der Waals surface area contributed by atoms with Crippen molar-refractivity contribution in [3.63, 3.8) is 0 Å². The summed E-state index contributed by atoms with van der Waals surface area (Å²) >= 11 is 3.23. The molecule has 80 valence electrons. The minimum absolute atomic E-state index is 0.203. The molecule has 0 saturated heterocycles. The van der Waals surface area contributed by atoms with Crippen LogP contribution in [-0.2, 0) is 0 Å². The summed E-state index contributed by atoms with van der Waals surface area (Å²) in [4.78, 5) is 19.7. The van der Waals surface area contributed by atoms with Gasteiger partial charge in [0.1, 0.15) is 4.60 Å². The number of hydrogen-bond donors (Lipinski definition) is 1. The molecule has 0 saturated carbocycles. The largest absolute Gasteiger partial charge is 0.322 e. The van der Waals surface area contributed by atoms with E-state index in [0.717, 1.165) is 0 Å². The Bertz CT molecular complexity index is 502. The standard InChI is InChI=1S/C11H8BrN3O/c12-10-9(2-1-5-14-10)11(16)15-8-3-6-13-7-4-8/h1-7H,(H,13,15,16). The number of rotatable bonds is 2. The molecule has 1 N–H and O–H groups in total. The van der Waals surface area contributed by atoms with Gasteiger partial charge in [0, 0.05) is 24.3 Å². The van der Waals surface area contributed by atoms with E-state index in [1.54, 1.807) is 42.9 Å². The number of amides is 1. The van der Waals surface area contributed by atoms with E-state index < -0.39 is 0 Å². The average Bonchev–Trinajstić information content (AvgIpc) is 2.31. The minimum atomic E-state index is -0.203. The lowest BCUT2D eigenvalue weighted by molar-refractivity contribution is 0.102. The molecule has 0 unspecified atom stereocenters. The predicted molar refractivity (Wildman–Crippen MR) is 64.1 cm³/mol. The first kappa shape index (κ1) is 10.8. The Balaban J connectivity index is 2.19. The summed E-state index contributed by atoms with van der Waals surface area (Å²) in [7, 11) is 0. The second-order valence-electron chi connectivity index (χ2n) is 3.03. The Kier molecular flexibility index (Phi) is 3.26. The van der Waals surface area contributed by atoms with Gasteiger partial charge in [-0.05, 0) is 40.2 Å². The van der Waals surface area contributed by atoms with Gasteiger partial charge in [-0.2, -0.15) is 0 Å². The first-order valence-electron chi connectivity index (χ1n) is 4.59. The van der Waals surface area contributed by atoms with Gasteiger partial charge in [-0.25, -0.2) is 4.98 Å². The Morgan fingerprint density at radius 3 is 2.62 bits per heavy atom. The average molecular weight is 278 g/mol. The van der Waals surface area contributed by atoms with Crippen LogP contribution in [0.5, 0.6) is 0 Å². The Hall–Kier alpha value is -1.75. The monoisotopic (exact) mass is 277 g/mol. The maximum atomic E-state index is 11.8. The van der Waals surface area contributed by atoms with E-state index in [0.29, 0.717) is 15.9 Å². The van der Waals surface area contributed by atoms with E-state index in [1.165, 1.54) is 0 Å². The summed E-state index contributed by atoms with van der Waals surface area (Å²) in [6, 6.07) is 6.87. The third-order valence-corrected chi connectivity index (χ3v) is 2.57. The normalized spacial score (nSPS) is 9.81. The zero-order valence-corrected chi connectivity index (χ0v) is 9.81. The lowest BCUT2D eigenvalue weighted by Crippen LogP contribution is -2.12. The summed E-state index contributed by atoms with van der Waals surface area (Å²) < 4.78 is 0.529. The maximum absolute atomic E-state index is 11.8. The molecule has 0 aliphatic heterocycles. The molecule has 0 radical (unpaired) electrons. The van der Waals surface area contributed by atoms with E-state index >= 15 is 0 Å². The highest BCUT2D eigenvalue weighted by Gasteiger charge is 2.09. The summed E-state index contributed by atoms with van der Waals surface area (Å²) in [5.41, 5.74) is 1.20. The van der Waals surface area contributed by atoms with Crippen molar-refractivity contribution in [2.75, 3.05) is 5.32 Å². The van der Waals surface area contributed by atoms with Gasteiger partial charge in [0.2, 0.25) is 0 Å². The fourth-order valence-electron chi connectivity index (χ4n) is 1.19. The molecule has 2 aromatic rings. The molecule has 0 bridgehead atoms.